The molecule has 1 heterocycles. The van der Waals surface area contributed by atoms with Gasteiger partial charge < -0.3 is 4.79 Å². The molecule has 0 aliphatic heterocycles. The molecule has 0 saturated carbocycles. The number of aromatic nitrogens is 2. The van der Waals surface area contributed by atoms with Crippen LogP contribution in [0.25, 0.3) is 32.3 Å². The molecule has 1 aliphatic rings. The number of rotatable bonds is 4. The fraction of sp³-hybridized carbons (Fsp3) is 0.207. The third kappa shape index (κ3) is 3.17. The van der Waals surface area contributed by atoms with E-state index in [2.05, 4.69) is 71.8 Å². The van der Waals surface area contributed by atoms with E-state index >= 15 is 0 Å². The van der Waals surface area contributed by atoms with Crippen molar-refractivity contribution in [2.45, 2.75) is 32.2 Å². The molecule has 0 N–H and O–H groups in total. The van der Waals surface area contributed by atoms with Crippen molar-refractivity contribution in [1.29, 1.82) is 0 Å². The summed E-state index contributed by atoms with van der Waals surface area (Å²) in [4.78, 5) is 23.8. The van der Waals surface area contributed by atoms with Crippen LogP contribution in [0.5, 0.6) is 0 Å². The number of nitrogens with zero attached hydrogens (tertiary/aromatic N) is 2. The molecule has 2 atom stereocenters. The maximum absolute atomic E-state index is 12.0. The van der Waals surface area contributed by atoms with Crippen LogP contribution < -0.4 is 0 Å². The van der Waals surface area contributed by atoms with Crippen LogP contribution in [0.15, 0.2) is 72.9 Å². The molecule has 4 nitrogen and oxygen atoms in total. The molecule has 0 fully saturated rings. The molecule has 0 bridgehead atoms. The van der Waals surface area contributed by atoms with E-state index in [4.69, 9.17) is 0 Å². The van der Waals surface area contributed by atoms with E-state index in [9.17, 15) is 9.59 Å². The van der Waals surface area contributed by atoms with Crippen LogP contribution in [0, 0.1) is 5.92 Å². The zero-order valence-corrected chi connectivity index (χ0v) is 18.5. The molecule has 4 heteroatoms. The molecule has 0 radical (unpaired) electrons. The normalized spacial score (nSPS) is 18.0. The number of benzene rings is 4. The third-order valence-corrected chi connectivity index (χ3v) is 7.27. The Balaban J connectivity index is 1.42. The van der Waals surface area contributed by atoms with Crippen LogP contribution in [-0.2, 0) is 22.6 Å². The standard InChI is InChI=1S/C29H24N2O2/c1-18(33)22-12-13-29-27(28(22)17-32)15-30-31(29)16-19-6-7-21-9-10-24-23-5-3-2-4-20(23)8-11-25(24)26(21)14-19/h2-11,14-15,17,22,28H,12-13,16H2,1H3. The Labute approximate surface area is 191 Å². The van der Waals surface area contributed by atoms with Crippen LogP contribution in [0.4, 0.5) is 0 Å². The molecule has 0 spiro atoms. The summed E-state index contributed by atoms with van der Waals surface area (Å²) in [6.45, 7) is 2.23. The SMILES string of the molecule is CC(=O)C1CCc2c(cnn2Cc2ccc3ccc4c5ccccc5ccc4c3c2)C1C=O. The van der Waals surface area contributed by atoms with Gasteiger partial charge in [0, 0.05) is 17.2 Å². The fourth-order valence-corrected chi connectivity index (χ4v) is 5.56. The number of hydrogen-bond donors (Lipinski definition) is 0. The van der Waals surface area contributed by atoms with E-state index in [1.54, 1.807) is 13.1 Å². The summed E-state index contributed by atoms with van der Waals surface area (Å²) < 4.78 is 2.00. The van der Waals surface area contributed by atoms with Gasteiger partial charge in [-0.3, -0.25) is 9.48 Å². The van der Waals surface area contributed by atoms with Crippen LogP contribution >= 0.6 is 0 Å². The molecule has 0 saturated heterocycles. The lowest BCUT2D eigenvalue weighted by Gasteiger charge is -2.26. The van der Waals surface area contributed by atoms with Gasteiger partial charge in [-0.1, -0.05) is 60.7 Å². The molecule has 6 rings (SSSR count). The number of carbonyl (C=O) groups excluding carboxylic acids is 2. The monoisotopic (exact) mass is 432 g/mol. The first-order valence-electron chi connectivity index (χ1n) is 11.5. The summed E-state index contributed by atoms with van der Waals surface area (Å²) in [7, 11) is 0. The highest BCUT2D eigenvalue weighted by Crippen LogP contribution is 2.36. The lowest BCUT2D eigenvalue weighted by Crippen LogP contribution is -2.27. The maximum Gasteiger partial charge on any atom is 0.133 e. The van der Waals surface area contributed by atoms with E-state index < -0.39 is 0 Å². The van der Waals surface area contributed by atoms with E-state index in [1.165, 1.54) is 37.9 Å². The van der Waals surface area contributed by atoms with Crippen molar-refractivity contribution in [3.05, 3.63) is 89.7 Å². The minimum atomic E-state index is -0.381. The van der Waals surface area contributed by atoms with Crippen LogP contribution in [0.3, 0.4) is 0 Å². The van der Waals surface area contributed by atoms with Crippen LogP contribution in [0.1, 0.15) is 36.1 Å². The van der Waals surface area contributed by atoms with Crippen LogP contribution in [-0.4, -0.2) is 21.8 Å². The predicted molar refractivity (Wildman–Crippen MR) is 132 cm³/mol. The summed E-state index contributed by atoms with van der Waals surface area (Å²) in [5, 5.41) is 12.1. The van der Waals surface area contributed by atoms with Gasteiger partial charge in [-0.05, 0) is 63.7 Å². The van der Waals surface area contributed by atoms with Crippen molar-refractivity contribution in [2.75, 3.05) is 0 Å². The first-order chi connectivity index (χ1) is 16.1. The van der Waals surface area contributed by atoms with Crippen molar-refractivity contribution in [1.82, 2.24) is 9.78 Å². The van der Waals surface area contributed by atoms with Crippen molar-refractivity contribution in [2.24, 2.45) is 5.92 Å². The van der Waals surface area contributed by atoms with Crippen LogP contribution in [0.2, 0.25) is 0 Å². The fourth-order valence-electron chi connectivity index (χ4n) is 5.56. The summed E-state index contributed by atoms with van der Waals surface area (Å²) >= 11 is 0. The van der Waals surface area contributed by atoms with E-state index in [0.29, 0.717) is 13.0 Å². The van der Waals surface area contributed by atoms with E-state index in [0.717, 1.165) is 24.0 Å². The Morgan fingerprint density at radius 2 is 1.70 bits per heavy atom. The molecule has 2 unspecified atom stereocenters. The highest BCUT2D eigenvalue weighted by atomic mass is 16.1. The first kappa shape index (κ1) is 19.9. The summed E-state index contributed by atoms with van der Waals surface area (Å²) in [5.41, 5.74) is 3.16. The Morgan fingerprint density at radius 1 is 0.970 bits per heavy atom. The van der Waals surface area contributed by atoms with Gasteiger partial charge in [0.25, 0.3) is 0 Å². The average molecular weight is 433 g/mol. The number of ketones is 1. The summed E-state index contributed by atoms with van der Waals surface area (Å²) in [5.74, 6) is -0.525. The first-order valence-corrected chi connectivity index (χ1v) is 11.5. The minimum Gasteiger partial charge on any atom is -0.303 e. The molecule has 1 aliphatic carbocycles. The van der Waals surface area contributed by atoms with Gasteiger partial charge in [0.2, 0.25) is 0 Å². The molecule has 0 amide bonds. The maximum atomic E-state index is 12.0. The van der Waals surface area contributed by atoms with Gasteiger partial charge in [-0.25, -0.2) is 0 Å². The second kappa shape index (κ2) is 7.66. The Hall–Kier alpha value is -3.79. The highest BCUT2D eigenvalue weighted by molar-refractivity contribution is 6.17. The highest BCUT2D eigenvalue weighted by Gasteiger charge is 2.34. The lowest BCUT2D eigenvalue weighted by molar-refractivity contribution is -0.124. The Bertz CT molecular complexity index is 1560. The zero-order valence-electron chi connectivity index (χ0n) is 18.5. The molecular weight excluding hydrogens is 408 g/mol. The molecule has 1 aromatic heterocycles. The van der Waals surface area contributed by atoms with Gasteiger partial charge in [0.15, 0.2) is 0 Å². The smallest absolute Gasteiger partial charge is 0.133 e. The van der Waals surface area contributed by atoms with Crippen molar-refractivity contribution < 1.29 is 9.59 Å². The Kier molecular flexibility index (Phi) is 4.61. The van der Waals surface area contributed by atoms with Crippen molar-refractivity contribution in [3.8, 4) is 0 Å². The van der Waals surface area contributed by atoms with E-state index in [-0.39, 0.29) is 17.6 Å². The van der Waals surface area contributed by atoms with Gasteiger partial charge in [-0.2, -0.15) is 5.10 Å². The number of carbonyl (C=O) groups is 2. The predicted octanol–water partition coefficient (Wildman–Crippen LogP) is 5.82. The summed E-state index contributed by atoms with van der Waals surface area (Å²) in [6, 6.07) is 23.9. The molecular formula is C29H24N2O2. The second-order valence-electron chi connectivity index (χ2n) is 9.12. The second-order valence-corrected chi connectivity index (χ2v) is 9.12. The quantitative estimate of drug-likeness (QED) is 0.265. The van der Waals surface area contributed by atoms with Crippen molar-refractivity contribution >= 4 is 44.4 Å². The summed E-state index contributed by atoms with van der Waals surface area (Å²) in [6.07, 6.45) is 4.17. The molecule has 5 aromatic rings. The van der Waals surface area contributed by atoms with Gasteiger partial charge in [0.05, 0.1) is 18.7 Å². The lowest BCUT2D eigenvalue weighted by atomic mass is 9.77. The molecule has 4 aromatic carbocycles. The van der Waals surface area contributed by atoms with Crippen molar-refractivity contribution in [3.63, 3.8) is 0 Å². The van der Waals surface area contributed by atoms with Gasteiger partial charge in [-0.15, -0.1) is 0 Å². The molecule has 162 valence electrons. The number of Topliss-reactive ketones (excluding diaryl/α,β-unsaturated/α-hetero) is 1. The zero-order chi connectivity index (χ0) is 22.5. The largest absolute Gasteiger partial charge is 0.303 e. The third-order valence-electron chi connectivity index (χ3n) is 7.27. The Morgan fingerprint density at radius 3 is 2.48 bits per heavy atom. The number of aldehydes is 1. The topological polar surface area (TPSA) is 52.0 Å². The minimum absolute atomic E-state index is 0.0828. The van der Waals surface area contributed by atoms with Gasteiger partial charge in [0.1, 0.15) is 12.1 Å². The number of fused-ring (bicyclic) bond motifs is 6. The van der Waals surface area contributed by atoms with Gasteiger partial charge >= 0.3 is 0 Å². The average Bonchev–Trinajstić information content (AvgIpc) is 3.25. The molecule has 33 heavy (non-hydrogen) atoms. The van der Waals surface area contributed by atoms with E-state index in [1.807, 2.05) is 4.68 Å². The number of hydrogen-bond acceptors (Lipinski definition) is 3.